The van der Waals surface area contributed by atoms with Gasteiger partial charge in [-0.2, -0.15) is 0 Å². The molecule has 528 valence electrons. The Morgan fingerprint density at radius 3 is 1.55 bits per heavy atom. The highest BCUT2D eigenvalue weighted by Gasteiger charge is 2.38. The molecule has 0 spiro atoms. The summed E-state index contributed by atoms with van der Waals surface area (Å²) in [6.07, 6.45) is -0.881. The monoisotopic (exact) mass is 1370 g/mol. The van der Waals surface area contributed by atoms with Crippen LogP contribution in [0.2, 0.25) is 0 Å². The van der Waals surface area contributed by atoms with E-state index in [-0.39, 0.29) is 68.4 Å². The number of H-pyrrole nitrogens is 1. The van der Waals surface area contributed by atoms with Gasteiger partial charge in [-0.3, -0.25) is 71.9 Å². The van der Waals surface area contributed by atoms with Crippen molar-refractivity contribution in [3.63, 3.8) is 0 Å². The Bertz CT molecular complexity index is 3060. The Labute approximate surface area is 559 Å². The van der Waals surface area contributed by atoms with E-state index >= 15 is 0 Å². The summed E-state index contributed by atoms with van der Waals surface area (Å²) in [6, 6.07) is -11.1. The largest absolute Gasteiger partial charge is 0.481 e. The molecule has 2 aromatic rings. The Balaban J connectivity index is 2.31. The number of nitrogens with one attached hydrogen (secondary N) is 13. The molecular weight excluding hydrogens is 1280 g/mol. The second-order valence-corrected chi connectivity index (χ2v) is 27.2. The zero-order valence-corrected chi connectivity index (χ0v) is 56.9. The number of carboxylic acids is 2. The molecule has 0 bridgehead atoms. The number of benzene rings is 1. The van der Waals surface area contributed by atoms with Gasteiger partial charge in [0, 0.05) is 48.4 Å². The van der Waals surface area contributed by atoms with Gasteiger partial charge >= 0.3 is 11.9 Å². The predicted molar refractivity (Wildman–Crippen MR) is 352 cm³/mol. The molecule has 13 amide bonds. The van der Waals surface area contributed by atoms with Crippen LogP contribution in [0, 0.1) is 17.8 Å². The molecule has 1 aliphatic rings. The van der Waals surface area contributed by atoms with Gasteiger partial charge in [0.25, 0.3) is 0 Å². The first kappa shape index (κ1) is 80.7. The number of carbonyl (C=O) groups is 15. The van der Waals surface area contributed by atoms with Crippen molar-refractivity contribution in [2.45, 2.75) is 206 Å². The number of unbranched alkanes of at least 4 members (excludes halogenated alkanes) is 1. The van der Waals surface area contributed by atoms with Gasteiger partial charge in [0.2, 0.25) is 76.8 Å². The van der Waals surface area contributed by atoms with E-state index in [1.165, 1.54) is 27.7 Å². The zero-order valence-electron chi connectivity index (χ0n) is 55.2. The van der Waals surface area contributed by atoms with E-state index < -0.39 is 186 Å². The van der Waals surface area contributed by atoms with Crippen molar-refractivity contribution < 1.29 is 82.1 Å². The standard InChI is InChI=1S/C61H95N15O17S2/c1-29(2)21-41-56(88)69-40(18-19-48(78)79)54(86)70-42(22-30(3)4)58(90)74-45(25-49(80)81)59(91)68-39(17-13-14-20-62)53(85)73-44(24-36-26-64-38-16-12-11-15-37(36)38)55(87)67-34(9)52(84)75-46(60(92)66-32(7)50(63)82)27-94-95-28-47(76-51(83)33(8)65-35(10)77)61(93)72-43(23-31(5)6)57(89)71-41/h11-12,15-16,26,29-34,39-47,64H,13-14,17-25,27-28,62H2,1-10H3,(H2,63,82)(H,65,77)(H,66,92)(H,67,87)(H,68,91)(H,69,88)(H,70,86)(H,71,89)(H,72,93)(H,73,85)(H,74,90)(H,75,84)(H,76,83)(H,78,79)(H,80,81)/t32-,33-,34-,39-,40-,41-,42-,43-,44-,45-,46-,47-/m0/s1. The highest BCUT2D eigenvalue weighted by Crippen LogP contribution is 2.25. The van der Waals surface area contributed by atoms with Crippen LogP contribution in [-0.2, 0) is 78.3 Å². The number of aromatic nitrogens is 1. The topological polar surface area (TPSA) is 509 Å². The van der Waals surface area contributed by atoms with Crippen molar-refractivity contribution in [1.82, 2.24) is 68.8 Å². The molecule has 0 aliphatic carbocycles. The van der Waals surface area contributed by atoms with Crippen molar-refractivity contribution in [3.8, 4) is 0 Å². The molecule has 19 N–H and O–H groups in total. The number of hydrogen-bond acceptors (Lipinski definition) is 18. The second-order valence-electron chi connectivity index (χ2n) is 24.7. The summed E-state index contributed by atoms with van der Waals surface area (Å²) in [7, 11) is 1.82. The SMILES string of the molecule is CC(=O)N[C@@H](C)C(=O)N[C@H]1CSSC[C@@H](C(=O)N[C@@H](C)C(N)=O)NC(=O)[C@H](C)NC(=O)[C@H](Cc2c[nH]c3ccccc23)NC(=O)[C@H](CCCCN)NC(=O)[C@H](CC(=O)O)NC(=O)[C@H](CC(C)C)NC(=O)[C@H](CCC(=O)O)NC(=O)[C@H](CC(C)C)NC(=O)[C@H](CC(C)C)NC1=O. The molecule has 1 aromatic heterocycles. The van der Waals surface area contributed by atoms with Crippen LogP contribution in [0.25, 0.3) is 10.9 Å². The van der Waals surface area contributed by atoms with Crippen LogP contribution in [0.4, 0.5) is 0 Å². The molecular formula is C61H95N15O17S2. The van der Waals surface area contributed by atoms with Gasteiger partial charge in [-0.1, -0.05) is 81.3 Å². The van der Waals surface area contributed by atoms with E-state index in [0.29, 0.717) is 22.9 Å². The Morgan fingerprint density at radius 1 is 0.558 bits per heavy atom. The third-order valence-electron chi connectivity index (χ3n) is 14.8. The Morgan fingerprint density at radius 2 is 1.03 bits per heavy atom. The fourth-order valence-electron chi connectivity index (χ4n) is 9.75. The maximum absolute atomic E-state index is 14.6. The minimum atomic E-state index is -1.94. The average Bonchev–Trinajstić information content (AvgIpc) is 1.73. The molecule has 3 rings (SSSR count). The Kier molecular flexibility index (Phi) is 34.0. The summed E-state index contributed by atoms with van der Waals surface area (Å²) in [6.45, 7) is 15.5. The zero-order chi connectivity index (χ0) is 71.4. The minimum absolute atomic E-state index is 0.0514. The lowest BCUT2D eigenvalue weighted by Gasteiger charge is -2.29. The lowest BCUT2D eigenvalue weighted by molar-refractivity contribution is -0.142. The predicted octanol–water partition coefficient (Wildman–Crippen LogP) is -1.91. The maximum atomic E-state index is 14.6. The third kappa shape index (κ3) is 28.5. The van der Waals surface area contributed by atoms with Crippen LogP contribution in [0.1, 0.15) is 133 Å². The number of rotatable bonds is 23. The smallest absolute Gasteiger partial charge is 0.305 e. The fraction of sp³-hybridized carbons (Fsp3) is 0.623. The number of primary amides is 1. The first-order chi connectivity index (χ1) is 44.6. The van der Waals surface area contributed by atoms with Gasteiger partial charge in [0.15, 0.2) is 0 Å². The molecule has 0 radical (unpaired) electrons. The number of para-hydroxylation sites is 1. The van der Waals surface area contributed by atoms with Crippen molar-refractivity contribution in [2.75, 3.05) is 18.1 Å². The number of fused-ring (bicyclic) bond motifs is 1. The molecule has 2 heterocycles. The van der Waals surface area contributed by atoms with Gasteiger partial charge in [-0.05, 0) is 102 Å². The Hall–Kier alpha value is -8.53. The quantitative estimate of drug-likeness (QED) is 0.0427. The summed E-state index contributed by atoms with van der Waals surface area (Å²) in [5.41, 5.74) is 12.4. The van der Waals surface area contributed by atoms with E-state index in [2.05, 4.69) is 68.8 Å². The van der Waals surface area contributed by atoms with E-state index in [1.807, 2.05) is 0 Å². The summed E-state index contributed by atoms with van der Waals surface area (Å²) in [5.74, 6) is -16.9. The van der Waals surface area contributed by atoms with Crippen LogP contribution in [0.15, 0.2) is 30.5 Å². The van der Waals surface area contributed by atoms with Gasteiger partial charge in [-0.15, -0.1) is 0 Å². The van der Waals surface area contributed by atoms with E-state index in [4.69, 9.17) is 11.5 Å². The number of aromatic amines is 1. The van der Waals surface area contributed by atoms with E-state index in [0.717, 1.165) is 21.6 Å². The van der Waals surface area contributed by atoms with Crippen LogP contribution in [0.5, 0.6) is 0 Å². The summed E-state index contributed by atoms with van der Waals surface area (Å²) >= 11 is 0. The van der Waals surface area contributed by atoms with Crippen molar-refractivity contribution in [1.29, 1.82) is 0 Å². The first-order valence-corrected chi connectivity index (χ1v) is 33.9. The van der Waals surface area contributed by atoms with Crippen molar-refractivity contribution >= 4 is 121 Å². The number of nitrogens with two attached hydrogens (primary N) is 2. The number of carboxylic acid groups (broad SMARTS) is 2. The minimum Gasteiger partial charge on any atom is -0.481 e. The first-order valence-electron chi connectivity index (χ1n) is 31.4. The van der Waals surface area contributed by atoms with Crippen LogP contribution >= 0.6 is 21.6 Å². The lowest BCUT2D eigenvalue weighted by atomic mass is 9.99. The average molecular weight is 1370 g/mol. The molecule has 95 heavy (non-hydrogen) atoms. The van der Waals surface area contributed by atoms with Gasteiger partial charge in [0.05, 0.1) is 6.42 Å². The molecule has 0 unspecified atom stereocenters. The van der Waals surface area contributed by atoms with E-state index in [1.54, 1.807) is 72.0 Å². The molecule has 1 aromatic carbocycles. The van der Waals surface area contributed by atoms with Gasteiger partial charge in [0.1, 0.15) is 72.5 Å². The molecule has 1 aliphatic heterocycles. The molecule has 1 saturated heterocycles. The second kappa shape index (κ2) is 40.0. The third-order valence-corrected chi connectivity index (χ3v) is 17.2. The number of carbonyl (C=O) groups excluding carboxylic acids is 13. The highest BCUT2D eigenvalue weighted by molar-refractivity contribution is 8.76. The highest BCUT2D eigenvalue weighted by atomic mass is 33.1. The van der Waals surface area contributed by atoms with Crippen LogP contribution in [0.3, 0.4) is 0 Å². The summed E-state index contributed by atoms with van der Waals surface area (Å²) in [5, 5.41) is 50.9. The van der Waals surface area contributed by atoms with Crippen LogP contribution < -0.4 is 75.3 Å². The summed E-state index contributed by atoms with van der Waals surface area (Å²) in [4.78, 5) is 209. The molecule has 0 saturated carbocycles. The van der Waals surface area contributed by atoms with Gasteiger partial charge in [-0.25, -0.2) is 0 Å². The number of aliphatic carboxylic acids is 2. The van der Waals surface area contributed by atoms with Crippen molar-refractivity contribution in [3.05, 3.63) is 36.0 Å². The normalized spacial score (nSPS) is 23.9. The maximum Gasteiger partial charge on any atom is 0.305 e. The number of hydrogen-bond donors (Lipinski definition) is 17. The number of amides is 13. The molecule has 32 nitrogen and oxygen atoms in total. The van der Waals surface area contributed by atoms with E-state index in [9.17, 15) is 82.1 Å². The lowest BCUT2D eigenvalue weighted by Crippen LogP contribution is -2.61. The molecule has 34 heteroatoms. The van der Waals surface area contributed by atoms with Crippen LogP contribution in [-0.4, -0.2) is 194 Å². The van der Waals surface area contributed by atoms with Gasteiger partial charge < -0.3 is 90.5 Å². The fourth-order valence-corrected chi connectivity index (χ4v) is 12.1. The molecule has 12 atom stereocenters. The van der Waals surface area contributed by atoms with Crippen molar-refractivity contribution in [2.24, 2.45) is 29.2 Å². The molecule has 1 fully saturated rings. The summed E-state index contributed by atoms with van der Waals surface area (Å²) < 4.78 is 0.